The van der Waals surface area contributed by atoms with Gasteiger partial charge >= 0.3 is 11.5 Å². The van der Waals surface area contributed by atoms with Crippen LogP contribution in [0.25, 0.3) is 0 Å². The van der Waals surface area contributed by atoms with Crippen LogP contribution in [-0.4, -0.2) is 4.89 Å². The molecular formula is H6NO2P+2. The van der Waals surface area contributed by atoms with Crippen LogP contribution >= 0.6 is 8.69 Å². The zero-order chi connectivity index (χ0) is 2.71. The molecule has 0 spiro atoms. The molecule has 4 heteroatoms. The van der Waals surface area contributed by atoms with Crippen molar-refractivity contribution in [3.63, 3.8) is 0 Å². The van der Waals surface area contributed by atoms with E-state index in [4.69, 9.17) is 9.46 Å². The molecule has 0 saturated carbocycles. The Labute approximate surface area is 28.5 Å². The predicted octanol–water partition coefficient (Wildman–Crippen LogP) is 0.572. The van der Waals surface area contributed by atoms with Gasteiger partial charge in [-0.2, -0.15) is 0 Å². The Bertz CT molecular complexity index is 19.0. The molecule has 0 aliphatic rings. The van der Waals surface area contributed by atoms with Crippen LogP contribution in [0.1, 0.15) is 2.85 Å². The van der Waals surface area contributed by atoms with Crippen LogP contribution in [0.3, 0.4) is 0 Å². The Kier molecular flexibility index (Phi) is 26.6. The summed E-state index contributed by atoms with van der Waals surface area (Å²) in [7, 11) is -0.833. The molecular weight excluding hydrogens is 77.0 g/mol. The van der Waals surface area contributed by atoms with Gasteiger partial charge in [0.1, 0.15) is 0 Å². The van der Waals surface area contributed by atoms with E-state index in [-0.39, 0.29) is 9.00 Å². The van der Waals surface area contributed by atoms with Gasteiger partial charge in [-0.3, -0.25) is 0 Å². The van der Waals surface area contributed by atoms with Crippen molar-refractivity contribution in [3.05, 3.63) is 0 Å². The second kappa shape index (κ2) is 11.8. The molecule has 0 amide bonds. The van der Waals surface area contributed by atoms with Gasteiger partial charge in [0, 0.05) is 0 Å². The van der Waals surface area contributed by atoms with Crippen molar-refractivity contribution in [2.45, 2.75) is 0 Å². The Morgan fingerprint density at radius 3 is 2.00 bits per heavy atom. The summed E-state index contributed by atoms with van der Waals surface area (Å²) in [5.74, 6) is 0. The summed E-state index contributed by atoms with van der Waals surface area (Å²) in [6.45, 7) is 0. The first-order valence-corrected chi connectivity index (χ1v) is 1.15. The first-order chi connectivity index (χ1) is 1.41. The lowest BCUT2D eigenvalue weighted by Gasteiger charge is -1.24. The third kappa shape index (κ3) is 5250. The highest BCUT2D eigenvalue weighted by Gasteiger charge is 1.28. The molecule has 4 heavy (non-hydrogen) atoms. The lowest BCUT2D eigenvalue weighted by atomic mass is 14.0. The topological polar surface area (TPSA) is 72.3 Å². The fraction of sp³-hybridized carbons (Fsp3) is 0. The molecule has 0 rings (SSSR count). The molecule has 0 aromatic rings. The molecule has 3 nitrogen and oxygen atoms in total. The summed E-state index contributed by atoms with van der Waals surface area (Å²) in [5.41, 5.74) is 0. The van der Waals surface area contributed by atoms with Crippen molar-refractivity contribution in [1.82, 2.24) is 6.15 Å². The Morgan fingerprint density at radius 2 is 2.00 bits per heavy atom. The Balaban J connectivity index is -0.00000000667. The van der Waals surface area contributed by atoms with Crippen molar-refractivity contribution in [2.75, 3.05) is 0 Å². The second-order valence-electron chi connectivity index (χ2n) is 0.0816. The number of hydrogen-bond donors (Lipinski definition) is 2. The molecule has 0 aliphatic carbocycles. The van der Waals surface area contributed by atoms with Gasteiger partial charge in [-0.1, -0.05) is 0 Å². The quantitative estimate of drug-likeness (QED) is 0.420. The molecule has 0 fully saturated rings. The van der Waals surface area contributed by atoms with Gasteiger partial charge in [0.25, 0.3) is 0 Å². The van der Waals surface area contributed by atoms with Crippen LogP contribution in [0.2, 0.25) is 0 Å². The van der Waals surface area contributed by atoms with Crippen LogP contribution in [0.4, 0.5) is 0 Å². The van der Waals surface area contributed by atoms with Gasteiger partial charge in [0.15, 0.2) is 0 Å². The van der Waals surface area contributed by atoms with Crippen LogP contribution < -0.4 is 6.15 Å². The summed E-state index contributed by atoms with van der Waals surface area (Å²) >= 11 is 0. The summed E-state index contributed by atoms with van der Waals surface area (Å²) < 4.78 is 8.46. The molecule has 0 radical (unpaired) electrons. The standard InChI is InChI=1S/H3N.HO2P/c;1-3-2/h1H3;(H,1,2)/p+2. The Morgan fingerprint density at radius 1 is 2.00 bits per heavy atom. The van der Waals surface area contributed by atoms with Crippen LogP contribution in [-0.2, 0) is 4.57 Å². The van der Waals surface area contributed by atoms with E-state index >= 15 is 0 Å². The number of hydrogen-bond acceptors (Lipinski definition) is 2. The zero-order valence-corrected chi connectivity index (χ0v) is 2.90. The average Bonchev–Trinajstić information content (AvgIpc) is 0.918. The molecule has 0 aromatic heterocycles. The molecule has 0 bridgehead atoms. The molecule has 0 aromatic carbocycles. The van der Waals surface area contributed by atoms with Gasteiger partial charge in [-0.25, -0.2) is 4.57 Å². The van der Waals surface area contributed by atoms with E-state index in [9.17, 15) is 0 Å². The normalized spacial score (nSPS) is 5.25. The second-order valence-corrected chi connectivity index (χ2v) is 0.245. The molecule has 0 saturated heterocycles. The highest BCUT2D eigenvalue weighted by atomic mass is 31.1. The average molecular weight is 83.0 g/mol. The summed E-state index contributed by atoms with van der Waals surface area (Å²) in [4.78, 5) is 6.99. The van der Waals surface area contributed by atoms with Crippen molar-refractivity contribution < 1.29 is 12.3 Å². The first-order valence-electron chi connectivity index (χ1n) is 0.383. The van der Waals surface area contributed by atoms with Crippen molar-refractivity contribution >= 4 is 8.69 Å². The first kappa shape index (κ1) is 8.99. The van der Waals surface area contributed by atoms with Gasteiger partial charge < -0.3 is 11.0 Å². The van der Waals surface area contributed by atoms with Crippen LogP contribution in [0.5, 0.6) is 0 Å². The lowest BCUT2D eigenvalue weighted by molar-refractivity contribution is 0.524. The molecule has 0 unspecified atom stereocenters. The third-order valence-corrected chi connectivity index (χ3v) is 0. The van der Waals surface area contributed by atoms with E-state index in [1.54, 1.807) is 0 Å². The van der Waals surface area contributed by atoms with E-state index in [0.717, 1.165) is 0 Å². The third-order valence-electron chi connectivity index (χ3n) is 0. The minimum absolute atomic E-state index is 0. The monoisotopic (exact) mass is 83.0 g/mol. The Hall–Kier alpha value is 0.0200. The minimum Gasteiger partial charge on any atom is -0.344 e. The molecule has 4 N–H and O–H groups in total. The summed E-state index contributed by atoms with van der Waals surface area (Å²) in [6, 6.07) is 0. The van der Waals surface area contributed by atoms with Gasteiger partial charge in [-0.15, -0.1) is 0 Å². The largest absolute Gasteiger partial charge is 1.00 e. The van der Waals surface area contributed by atoms with Gasteiger partial charge in [0.05, 0.1) is 0 Å². The lowest BCUT2D eigenvalue weighted by Crippen LogP contribution is -1.03. The molecule has 26 valence electrons. The minimum atomic E-state index is -0.833. The summed E-state index contributed by atoms with van der Waals surface area (Å²) in [6.07, 6.45) is 0. The number of rotatable bonds is 0. The maximum Gasteiger partial charge on any atom is 1.00 e. The SMILES string of the molecule is N.O=PO.[H+].[H+]. The van der Waals surface area contributed by atoms with Crippen molar-refractivity contribution in [1.29, 1.82) is 0 Å². The maximum atomic E-state index is 8.46. The van der Waals surface area contributed by atoms with E-state index in [1.807, 2.05) is 0 Å². The van der Waals surface area contributed by atoms with E-state index in [1.165, 1.54) is 0 Å². The molecule has 0 atom stereocenters. The van der Waals surface area contributed by atoms with Gasteiger partial charge in [0.2, 0.25) is 0 Å². The smallest absolute Gasteiger partial charge is 0.344 e. The predicted molar refractivity (Wildman–Crippen MR) is 17.1 cm³/mol. The molecule has 0 aliphatic heterocycles. The highest BCUT2D eigenvalue weighted by Crippen LogP contribution is 1.66. The van der Waals surface area contributed by atoms with Crippen LogP contribution in [0.15, 0.2) is 0 Å². The van der Waals surface area contributed by atoms with Crippen molar-refractivity contribution in [3.8, 4) is 0 Å². The van der Waals surface area contributed by atoms with E-state index in [0.29, 0.717) is 0 Å². The van der Waals surface area contributed by atoms with Crippen LogP contribution in [0, 0.1) is 0 Å². The van der Waals surface area contributed by atoms with E-state index in [2.05, 4.69) is 0 Å². The highest BCUT2D eigenvalue weighted by molar-refractivity contribution is 7.16. The maximum absolute atomic E-state index is 8.46. The molecule has 0 heterocycles. The van der Waals surface area contributed by atoms with Gasteiger partial charge in [-0.05, 0) is 0 Å². The fourth-order valence-corrected chi connectivity index (χ4v) is 0. The summed E-state index contributed by atoms with van der Waals surface area (Å²) in [5, 5.41) is 0. The zero-order valence-electron chi connectivity index (χ0n) is 4.01. The van der Waals surface area contributed by atoms with Crippen molar-refractivity contribution in [2.24, 2.45) is 0 Å². The van der Waals surface area contributed by atoms with E-state index < -0.39 is 8.69 Å². The fourth-order valence-electron chi connectivity index (χ4n) is 0.